The van der Waals surface area contributed by atoms with Gasteiger partial charge in [0.15, 0.2) is 0 Å². The number of benzene rings is 1. The number of carbonyl (C=O) groups is 2. The number of hydrogen-bond donors (Lipinski definition) is 1. The first-order valence-electron chi connectivity index (χ1n) is 8.28. The molecule has 1 N–H and O–H groups in total. The second-order valence-electron chi connectivity index (χ2n) is 6.50. The van der Waals surface area contributed by atoms with Crippen LogP contribution in [0.25, 0.3) is 0 Å². The van der Waals surface area contributed by atoms with E-state index in [-0.39, 0.29) is 23.8 Å². The lowest BCUT2D eigenvalue weighted by Gasteiger charge is -2.39. The molecule has 1 aliphatic carbocycles. The van der Waals surface area contributed by atoms with Crippen LogP contribution in [0.5, 0.6) is 0 Å². The van der Waals surface area contributed by atoms with E-state index < -0.39 is 0 Å². The average Bonchev–Trinajstić information content (AvgIpc) is 3.03. The van der Waals surface area contributed by atoms with Gasteiger partial charge in [0.25, 0.3) is 0 Å². The van der Waals surface area contributed by atoms with Crippen molar-refractivity contribution in [1.82, 2.24) is 10.2 Å². The fraction of sp³-hybridized carbons (Fsp3) is 0.556. The molecule has 22 heavy (non-hydrogen) atoms. The van der Waals surface area contributed by atoms with Crippen LogP contribution >= 0.6 is 0 Å². The molecule has 1 saturated heterocycles. The molecule has 0 spiro atoms. The highest BCUT2D eigenvalue weighted by molar-refractivity contribution is 5.85. The molecule has 0 bridgehead atoms. The maximum Gasteiger partial charge on any atom is 0.225 e. The molecule has 1 aromatic carbocycles. The van der Waals surface area contributed by atoms with E-state index in [2.05, 4.69) is 5.32 Å². The third-order valence-electron chi connectivity index (χ3n) is 5.04. The van der Waals surface area contributed by atoms with Crippen LogP contribution in [0.4, 0.5) is 0 Å². The van der Waals surface area contributed by atoms with Crippen LogP contribution in [0, 0.1) is 5.92 Å². The number of carbonyl (C=O) groups excluding carboxylic acids is 2. The van der Waals surface area contributed by atoms with Gasteiger partial charge in [-0.2, -0.15) is 0 Å². The third-order valence-corrected chi connectivity index (χ3v) is 5.04. The largest absolute Gasteiger partial charge is 0.353 e. The quantitative estimate of drug-likeness (QED) is 0.933. The molecule has 1 aliphatic heterocycles. The van der Waals surface area contributed by atoms with Gasteiger partial charge in [0, 0.05) is 19.5 Å². The molecule has 2 amide bonds. The minimum absolute atomic E-state index is 0.111. The van der Waals surface area contributed by atoms with Gasteiger partial charge in [0.05, 0.1) is 12.0 Å². The molecule has 0 unspecified atom stereocenters. The number of nitrogens with zero attached hydrogens (tertiary/aromatic N) is 1. The van der Waals surface area contributed by atoms with E-state index in [9.17, 15) is 9.59 Å². The van der Waals surface area contributed by atoms with Crippen molar-refractivity contribution in [3.05, 3.63) is 35.9 Å². The Balaban J connectivity index is 1.80. The van der Waals surface area contributed by atoms with Gasteiger partial charge in [0.2, 0.25) is 11.8 Å². The van der Waals surface area contributed by atoms with Gasteiger partial charge < -0.3 is 10.2 Å². The van der Waals surface area contributed by atoms with Gasteiger partial charge in [-0.15, -0.1) is 0 Å². The molecule has 2 fully saturated rings. The van der Waals surface area contributed by atoms with Crippen LogP contribution in [0.15, 0.2) is 30.3 Å². The smallest absolute Gasteiger partial charge is 0.225 e. The number of likely N-dealkylation sites (tertiary alicyclic amines) is 1. The minimum atomic E-state index is -0.149. The van der Waals surface area contributed by atoms with Crippen molar-refractivity contribution in [2.24, 2.45) is 5.92 Å². The maximum absolute atomic E-state index is 12.7. The van der Waals surface area contributed by atoms with Crippen molar-refractivity contribution in [3.8, 4) is 0 Å². The SMILES string of the molecule is CN1C(=O)CC[C@@H](C(=O)NC2CCCC2)[C@@H]1c1ccccc1. The molecule has 0 radical (unpaired) electrons. The van der Waals surface area contributed by atoms with E-state index in [1.54, 1.807) is 4.90 Å². The molecule has 2 atom stereocenters. The normalized spacial score (nSPS) is 26.2. The van der Waals surface area contributed by atoms with Gasteiger partial charge in [0.1, 0.15) is 0 Å². The second-order valence-corrected chi connectivity index (χ2v) is 6.50. The van der Waals surface area contributed by atoms with Crippen molar-refractivity contribution in [1.29, 1.82) is 0 Å². The van der Waals surface area contributed by atoms with E-state index in [1.165, 1.54) is 12.8 Å². The molecule has 1 heterocycles. The Morgan fingerprint density at radius 3 is 2.50 bits per heavy atom. The number of amides is 2. The molecular formula is C18H24N2O2. The summed E-state index contributed by atoms with van der Waals surface area (Å²) < 4.78 is 0. The van der Waals surface area contributed by atoms with E-state index in [0.29, 0.717) is 18.9 Å². The van der Waals surface area contributed by atoms with Crippen LogP contribution in [-0.2, 0) is 9.59 Å². The van der Waals surface area contributed by atoms with E-state index >= 15 is 0 Å². The fourth-order valence-corrected chi connectivity index (χ4v) is 3.80. The first-order chi connectivity index (χ1) is 10.7. The summed E-state index contributed by atoms with van der Waals surface area (Å²) in [6.45, 7) is 0. The van der Waals surface area contributed by atoms with Gasteiger partial charge >= 0.3 is 0 Å². The Morgan fingerprint density at radius 1 is 1.14 bits per heavy atom. The number of rotatable bonds is 3. The Bertz CT molecular complexity index is 537. The fourth-order valence-electron chi connectivity index (χ4n) is 3.80. The predicted octanol–water partition coefficient (Wildman–Crippen LogP) is 2.65. The first kappa shape index (κ1) is 15.1. The topological polar surface area (TPSA) is 49.4 Å². The monoisotopic (exact) mass is 300 g/mol. The highest BCUT2D eigenvalue weighted by Gasteiger charge is 2.39. The summed E-state index contributed by atoms with van der Waals surface area (Å²) in [5.74, 6) is 0.0876. The summed E-state index contributed by atoms with van der Waals surface area (Å²) in [5, 5.41) is 3.21. The molecule has 4 heteroatoms. The van der Waals surface area contributed by atoms with Crippen LogP contribution in [0.1, 0.15) is 50.1 Å². The lowest BCUT2D eigenvalue weighted by atomic mass is 9.84. The summed E-state index contributed by atoms with van der Waals surface area (Å²) >= 11 is 0. The molecule has 2 aliphatic rings. The number of piperidine rings is 1. The van der Waals surface area contributed by atoms with E-state index in [4.69, 9.17) is 0 Å². The zero-order chi connectivity index (χ0) is 15.5. The van der Waals surface area contributed by atoms with Crippen molar-refractivity contribution >= 4 is 11.8 Å². The summed E-state index contributed by atoms with van der Waals surface area (Å²) in [5.41, 5.74) is 1.05. The maximum atomic E-state index is 12.7. The average molecular weight is 300 g/mol. The van der Waals surface area contributed by atoms with Crippen molar-refractivity contribution < 1.29 is 9.59 Å². The zero-order valence-corrected chi connectivity index (χ0v) is 13.1. The zero-order valence-electron chi connectivity index (χ0n) is 13.1. The highest BCUT2D eigenvalue weighted by atomic mass is 16.2. The molecule has 118 valence electrons. The number of nitrogens with one attached hydrogen (secondary N) is 1. The van der Waals surface area contributed by atoms with Crippen molar-refractivity contribution in [2.45, 2.75) is 50.6 Å². The summed E-state index contributed by atoms with van der Waals surface area (Å²) in [7, 11) is 1.81. The van der Waals surface area contributed by atoms with Crippen LogP contribution in [0.2, 0.25) is 0 Å². The van der Waals surface area contributed by atoms with Gasteiger partial charge in [-0.3, -0.25) is 9.59 Å². The van der Waals surface area contributed by atoms with Crippen LogP contribution in [0.3, 0.4) is 0 Å². The van der Waals surface area contributed by atoms with Crippen molar-refractivity contribution in [3.63, 3.8) is 0 Å². The van der Waals surface area contributed by atoms with Gasteiger partial charge in [-0.1, -0.05) is 43.2 Å². The summed E-state index contributed by atoms with van der Waals surface area (Å²) in [4.78, 5) is 26.6. The van der Waals surface area contributed by atoms with E-state index in [0.717, 1.165) is 18.4 Å². The third kappa shape index (κ3) is 3.01. The van der Waals surface area contributed by atoms with E-state index in [1.807, 2.05) is 37.4 Å². The number of hydrogen-bond acceptors (Lipinski definition) is 2. The summed E-state index contributed by atoms with van der Waals surface area (Å²) in [6, 6.07) is 10.1. The Kier molecular flexibility index (Phi) is 4.46. The van der Waals surface area contributed by atoms with Gasteiger partial charge in [-0.05, 0) is 24.8 Å². The molecular weight excluding hydrogens is 276 g/mol. The Hall–Kier alpha value is -1.84. The van der Waals surface area contributed by atoms with Crippen LogP contribution in [-0.4, -0.2) is 29.8 Å². The summed E-state index contributed by atoms with van der Waals surface area (Å²) in [6.07, 6.45) is 5.68. The molecule has 0 aromatic heterocycles. The first-order valence-corrected chi connectivity index (χ1v) is 8.28. The minimum Gasteiger partial charge on any atom is -0.353 e. The molecule has 4 nitrogen and oxygen atoms in total. The molecule has 1 saturated carbocycles. The van der Waals surface area contributed by atoms with Crippen LogP contribution < -0.4 is 5.32 Å². The Morgan fingerprint density at radius 2 is 1.82 bits per heavy atom. The highest BCUT2D eigenvalue weighted by Crippen LogP contribution is 2.36. The molecule has 3 rings (SSSR count). The Labute approximate surface area is 131 Å². The second kappa shape index (κ2) is 6.51. The lowest BCUT2D eigenvalue weighted by Crippen LogP contribution is -2.48. The van der Waals surface area contributed by atoms with Gasteiger partial charge in [-0.25, -0.2) is 0 Å². The molecule has 1 aromatic rings. The standard InChI is InChI=1S/C18H24N2O2/c1-20-16(21)12-11-15(17(20)13-7-3-2-4-8-13)18(22)19-14-9-5-6-10-14/h2-4,7-8,14-15,17H,5-6,9-12H2,1H3,(H,19,22)/t15-,17+/m1/s1. The predicted molar refractivity (Wildman–Crippen MR) is 85.1 cm³/mol. The lowest BCUT2D eigenvalue weighted by molar-refractivity contribution is -0.141. The van der Waals surface area contributed by atoms with Crippen molar-refractivity contribution in [2.75, 3.05) is 7.05 Å².